The average Bonchev–Trinajstić information content (AvgIpc) is 2.71. The van der Waals surface area contributed by atoms with Crippen LogP contribution < -0.4 is 10.0 Å². The molecule has 0 fully saturated rings. The van der Waals surface area contributed by atoms with Gasteiger partial charge in [0.1, 0.15) is 17.6 Å². The summed E-state index contributed by atoms with van der Waals surface area (Å²) in [6.45, 7) is 1.41. The Morgan fingerprint density at radius 1 is 1.06 bits per heavy atom. The third kappa shape index (κ3) is 6.12. The van der Waals surface area contributed by atoms with E-state index in [9.17, 15) is 32.7 Å². The number of aromatic carboxylic acids is 1. The van der Waals surface area contributed by atoms with E-state index in [4.69, 9.17) is 10.2 Å². The third-order valence-electron chi connectivity index (χ3n) is 4.39. The van der Waals surface area contributed by atoms with Crippen LogP contribution in [0.1, 0.15) is 38.3 Å². The molecule has 0 saturated carbocycles. The first kappa shape index (κ1) is 24.5. The highest BCUT2D eigenvalue weighted by molar-refractivity contribution is 7.89. The maximum atomic E-state index is 12.5. The molecule has 0 heterocycles. The molecule has 0 radical (unpaired) electrons. The lowest BCUT2D eigenvalue weighted by Crippen LogP contribution is -2.37. The Kier molecular flexibility index (Phi) is 7.67. The number of hydrogen-bond donors (Lipinski definition) is 5. The van der Waals surface area contributed by atoms with Gasteiger partial charge in [-0.05, 0) is 42.3 Å². The molecule has 2 rings (SSSR count). The predicted molar refractivity (Wildman–Crippen MR) is 110 cm³/mol. The number of carboxylic acid groups (broad SMARTS) is 2. The first-order valence-electron chi connectivity index (χ1n) is 9.08. The minimum Gasteiger partial charge on any atom is -0.507 e. The number of carbonyl (C=O) groups excluding carboxylic acids is 2. The van der Waals surface area contributed by atoms with Crippen LogP contribution in [-0.4, -0.2) is 53.9 Å². The second-order valence-corrected chi connectivity index (χ2v) is 8.54. The summed E-state index contributed by atoms with van der Waals surface area (Å²) in [4.78, 5) is 44.7. The van der Waals surface area contributed by atoms with Gasteiger partial charge in [0.05, 0.1) is 17.4 Å². The number of aromatic hydroxyl groups is 1. The van der Waals surface area contributed by atoms with Gasteiger partial charge in [-0.15, -0.1) is 0 Å². The van der Waals surface area contributed by atoms with Crippen LogP contribution in [0.3, 0.4) is 0 Å². The van der Waals surface area contributed by atoms with Crippen LogP contribution in [0.25, 0.3) is 0 Å². The van der Waals surface area contributed by atoms with E-state index in [1.54, 1.807) is 6.92 Å². The Morgan fingerprint density at radius 2 is 1.75 bits per heavy atom. The molecule has 170 valence electrons. The van der Waals surface area contributed by atoms with Gasteiger partial charge in [-0.2, -0.15) is 0 Å². The Balaban J connectivity index is 2.13. The van der Waals surface area contributed by atoms with Gasteiger partial charge < -0.3 is 25.4 Å². The minimum absolute atomic E-state index is 0.176. The number of carboxylic acids is 2. The SMILES string of the molecule is Cc1cc(CNS(=O)(=O)c2ccc(O)c(C(=O)O)c2)ccc1C(=O)NC(C=O)CC(=O)O. The zero-order valence-electron chi connectivity index (χ0n) is 16.7. The van der Waals surface area contributed by atoms with E-state index in [0.717, 1.165) is 18.2 Å². The van der Waals surface area contributed by atoms with Crippen molar-refractivity contribution < 1.29 is 42.9 Å². The van der Waals surface area contributed by atoms with Gasteiger partial charge in [-0.25, -0.2) is 17.9 Å². The van der Waals surface area contributed by atoms with Gasteiger partial charge in [0.15, 0.2) is 0 Å². The molecule has 0 aromatic heterocycles. The predicted octanol–water partition coefficient (Wildman–Crippen LogP) is 0.649. The second-order valence-electron chi connectivity index (χ2n) is 6.77. The third-order valence-corrected chi connectivity index (χ3v) is 5.78. The van der Waals surface area contributed by atoms with Crippen LogP contribution in [0, 0.1) is 6.92 Å². The maximum absolute atomic E-state index is 12.5. The Bertz CT molecular complexity index is 1180. The number of benzene rings is 2. The van der Waals surface area contributed by atoms with Crippen molar-refractivity contribution in [1.82, 2.24) is 10.0 Å². The van der Waals surface area contributed by atoms with Crippen molar-refractivity contribution in [2.24, 2.45) is 0 Å². The number of aldehydes is 1. The molecule has 1 amide bonds. The van der Waals surface area contributed by atoms with E-state index < -0.39 is 51.6 Å². The summed E-state index contributed by atoms with van der Waals surface area (Å²) in [5.41, 5.74) is 0.559. The zero-order chi connectivity index (χ0) is 24.1. The van der Waals surface area contributed by atoms with Crippen molar-refractivity contribution >= 4 is 34.2 Å². The van der Waals surface area contributed by atoms with Crippen LogP contribution in [0.5, 0.6) is 5.75 Å². The number of aliphatic carboxylic acids is 1. The Morgan fingerprint density at radius 3 is 2.31 bits per heavy atom. The van der Waals surface area contributed by atoms with Crippen LogP contribution >= 0.6 is 0 Å². The molecule has 2 aromatic carbocycles. The van der Waals surface area contributed by atoms with Gasteiger partial charge in [-0.1, -0.05) is 12.1 Å². The summed E-state index contributed by atoms with van der Waals surface area (Å²) >= 11 is 0. The maximum Gasteiger partial charge on any atom is 0.339 e. The number of sulfonamides is 1. The number of amides is 1. The highest BCUT2D eigenvalue weighted by Gasteiger charge is 2.20. The van der Waals surface area contributed by atoms with Crippen LogP contribution in [0.2, 0.25) is 0 Å². The van der Waals surface area contributed by atoms with Gasteiger partial charge in [0.25, 0.3) is 5.91 Å². The summed E-state index contributed by atoms with van der Waals surface area (Å²) in [7, 11) is -4.10. The molecule has 5 N–H and O–H groups in total. The van der Waals surface area contributed by atoms with Crippen molar-refractivity contribution in [3.8, 4) is 5.75 Å². The molecule has 11 nitrogen and oxygen atoms in total. The first-order valence-corrected chi connectivity index (χ1v) is 10.6. The highest BCUT2D eigenvalue weighted by Crippen LogP contribution is 2.21. The molecule has 0 aliphatic heterocycles. The Labute approximate surface area is 182 Å². The van der Waals surface area contributed by atoms with Crippen molar-refractivity contribution in [3.63, 3.8) is 0 Å². The van der Waals surface area contributed by atoms with E-state index in [1.165, 1.54) is 18.2 Å². The molecule has 0 aliphatic carbocycles. The summed E-state index contributed by atoms with van der Waals surface area (Å²) in [5.74, 6) is -3.95. The molecule has 12 heteroatoms. The fourth-order valence-corrected chi connectivity index (χ4v) is 3.82. The molecule has 1 atom stereocenters. The average molecular weight is 464 g/mol. The number of rotatable bonds is 10. The van der Waals surface area contributed by atoms with Gasteiger partial charge >= 0.3 is 11.9 Å². The number of nitrogens with one attached hydrogen (secondary N) is 2. The fourth-order valence-electron chi connectivity index (χ4n) is 2.77. The first-order chi connectivity index (χ1) is 14.9. The van der Waals surface area contributed by atoms with Crippen LogP contribution in [-0.2, 0) is 26.2 Å². The number of carbonyl (C=O) groups is 4. The van der Waals surface area contributed by atoms with Gasteiger partial charge in [-0.3, -0.25) is 9.59 Å². The summed E-state index contributed by atoms with van der Waals surface area (Å²) < 4.78 is 27.2. The number of aryl methyl sites for hydroxylation is 1. The molecule has 0 saturated heterocycles. The van der Waals surface area contributed by atoms with Crippen molar-refractivity contribution in [2.75, 3.05) is 0 Å². The normalized spacial score (nSPS) is 12.0. The Hall–Kier alpha value is -3.77. The second kappa shape index (κ2) is 10.0. The molecular formula is C20H20N2O9S. The van der Waals surface area contributed by atoms with Crippen LogP contribution in [0.15, 0.2) is 41.3 Å². The van der Waals surface area contributed by atoms with E-state index in [1.807, 2.05) is 0 Å². The molecule has 2 aromatic rings. The summed E-state index contributed by atoms with van der Waals surface area (Å²) in [6.07, 6.45) is -0.237. The van der Waals surface area contributed by atoms with E-state index in [-0.39, 0.29) is 17.0 Å². The molecule has 0 bridgehead atoms. The minimum atomic E-state index is -4.10. The largest absolute Gasteiger partial charge is 0.507 e. The lowest BCUT2D eigenvalue weighted by atomic mass is 10.0. The smallest absolute Gasteiger partial charge is 0.339 e. The molecule has 0 aliphatic rings. The monoisotopic (exact) mass is 464 g/mol. The van der Waals surface area contributed by atoms with Crippen molar-refractivity contribution in [2.45, 2.75) is 30.8 Å². The molecule has 0 spiro atoms. The van der Waals surface area contributed by atoms with Gasteiger partial charge in [0.2, 0.25) is 10.0 Å². The topological polar surface area (TPSA) is 187 Å². The highest BCUT2D eigenvalue weighted by atomic mass is 32.2. The van der Waals surface area contributed by atoms with E-state index >= 15 is 0 Å². The van der Waals surface area contributed by atoms with Gasteiger partial charge in [0, 0.05) is 12.1 Å². The van der Waals surface area contributed by atoms with E-state index in [2.05, 4.69) is 10.0 Å². The molecule has 1 unspecified atom stereocenters. The van der Waals surface area contributed by atoms with E-state index in [0.29, 0.717) is 17.4 Å². The number of phenols is 1. The summed E-state index contributed by atoms with van der Waals surface area (Å²) in [5, 5.41) is 29.6. The van der Waals surface area contributed by atoms with Crippen molar-refractivity contribution in [1.29, 1.82) is 0 Å². The lowest BCUT2D eigenvalue weighted by molar-refractivity contribution is -0.138. The molecular weight excluding hydrogens is 444 g/mol. The zero-order valence-corrected chi connectivity index (χ0v) is 17.5. The quantitative estimate of drug-likeness (QED) is 0.315. The number of hydrogen-bond acceptors (Lipinski definition) is 7. The standard InChI is InChI=1S/C20H20N2O9S/c1-11-6-12(2-4-15(11)19(27)22-13(10-23)7-18(25)26)9-21-32(30,31)14-3-5-17(24)16(8-14)20(28)29/h2-6,8,10,13,21,24H,7,9H2,1H3,(H,22,27)(H,25,26)(H,28,29). The molecule has 32 heavy (non-hydrogen) atoms. The fraction of sp³-hybridized carbons (Fsp3) is 0.200. The van der Waals surface area contributed by atoms with Crippen LogP contribution in [0.4, 0.5) is 0 Å². The van der Waals surface area contributed by atoms with Crippen molar-refractivity contribution in [3.05, 3.63) is 58.7 Å². The summed E-state index contributed by atoms with van der Waals surface area (Å²) in [6, 6.07) is 6.07. The lowest BCUT2D eigenvalue weighted by Gasteiger charge is -2.13.